The van der Waals surface area contributed by atoms with Gasteiger partial charge in [0.25, 0.3) is 5.56 Å². The Bertz CT molecular complexity index is 1200. The zero-order valence-corrected chi connectivity index (χ0v) is 16.3. The van der Waals surface area contributed by atoms with Crippen LogP contribution in [0.25, 0.3) is 0 Å². The lowest BCUT2D eigenvalue weighted by molar-refractivity contribution is -0.117. The average Bonchev–Trinajstić information content (AvgIpc) is 2.70. The van der Waals surface area contributed by atoms with E-state index in [2.05, 4.69) is 10.4 Å². The van der Waals surface area contributed by atoms with Gasteiger partial charge >= 0.3 is 0 Å². The van der Waals surface area contributed by atoms with Crippen molar-refractivity contribution in [1.82, 2.24) is 9.78 Å². The van der Waals surface area contributed by atoms with Crippen molar-refractivity contribution in [1.29, 1.82) is 0 Å². The molecule has 0 aliphatic rings. The number of halogens is 1. The van der Waals surface area contributed by atoms with Gasteiger partial charge in [-0.1, -0.05) is 25.1 Å². The predicted molar refractivity (Wildman–Crippen MR) is 105 cm³/mol. The molecule has 0 saturated heterocycles. The lowest BCUT2D eigenvalue weighted by atomic mass is 10.1. The van der Waals surface area contributed by atoms with Crippen molar-refractivity contribution in [3.05, 3.63) is 82.4 Å². The minimum atomic E-state index is -4.15. The van der Waals surface area contributed by atoms with Crippen LogP contribution in [0.3, 0.4) is 0 Å². The number of aryl methyl sites for hydroxylation is 1. The maximum atomic E-state index is 13.4. The summed E-state index contributed by atoms with van der Waals surface area (Å²) in [5.74, 6) is -1.25. The fraction of sp³-hybridized carbons (Fsp3) is 0.150. The Morgan fingerprint density at radius 1 is 1.10 bits per heavy atom. The normalized spacial score (nSPS) is 11.2. The first-order valence-electron chi connectivity index (χ1n) is 8.77. The number of amides is 1. The van der Waals surface area contributed by atoms with Crippen LogP contribution in [0.4, 0.5) is 10.1 Å². The molecular formula is C20H18FN3O4S. The number of hydrogen-bond acceptors (Lipinski definition) is 5. The molecule has 150 valence electrons. The number of carbonyl (C=O) groups is 1. The number of sulfone groups is 1. The molecule has 3 aromatic rings. The molecular weight excluding hydrogens is 397 g/mol. The molecule has 29 heavy (non-hydrogen) atoms. The first-order chi connectivity index (χ1) is 13.8. The fourth-order valence-corrected chi connectivity index (χ4v) is 3.82. The molecule has 3 rings (SSSR count). The molecule has 0 spiro atoms. The molecule has 0 unspecified atom stereocenters. The van der Waals surface area contributed by atoms with Crippen molar-refractivity contribution in [2.45, 2.75) is 29.8 Å². The van der Waals surface area contributed by atoms with Gasteiger partial charge in [-0.05, 0) is 48.4 Å². The first kappa shape index (κ1) is 20.4. The van der Waals surface area contributed by atoms with E-state index in [1.807, 2.05) is 19.1 Å². The number of nitrogens with one attached hydrogen (secondary N) is 1. The molecule has 0 aliphatic heterocycles. The van der Waals surface area contributed by atoms with Gasteiger partial charge in [0.1, 0.15) is 12.4 Å². The van der Waals surface area contributed by atoms with E-state index in [1.165, 1.54) is 12.1 Å². The second-order valence-electron chi connectivity index (χ2n) is 6.23. The molecule has 1 heterocycles. The first-order valence-corrected chi connectivity index (χ1v) is 10.3. The van der Waals surface area contributed by atoms with Crippen LogP contribution in [0.5, 0.6) is 0 Å². The monoisotopic (exact) mass is 415 g/mol. The van der Waals surface area contributed by atoms with E-state index >= 15 is 0 Å². The van der Waals surface area contributed by atoms with Crippen LogP contribution in [0.1, 0.15) is 12.5 Å². The second kappa shape index (κ2) is 8.36. The van der Waals surface area contributed by atoms with E-state index in [0.717, 1.165) is 40.9 Å². The molecule has 0 atom stereocenters. The van der Waals surface area contributed by atoms with Crippen molar-refractivity contribution >= 4 is 21.4 Å². The minimum absolute atomic E-state index is 0.296. The number of hydrogen-bond donors (Lipinski definition) is 1. The maximum absolute atomic E-state index is 13.4. The van der Waals surface area contributed by atoms with Crippen LogP contribution >= 0.6 is 0 Å². The molecule has 1 amide bonds. The van der Waals surface area contributed by atoms with Crippen LogP contribution in [0, 0.1) is 5.82 Å². The van der Waals surface area contributed by atoms with Crippen molar-refractivity contribution in [2.24, 2.45) is 0 Å². The fourth-order valence-electron chi connectivity index (χ4n) is 2.60. The van der Waals surface area contributed by atoms with Crippen molar-refractivity contribution in [2.75, 3.05) is 5.32 Å². The van der Waals surface area contributed by atoms with Gasteiger partial charge in [-0.25, -0.2) is 17.5 Å². The van der Waals surface area contributed by atoms with Gasteiger partial charge in [0.15, 0.2) is 5.03 Å². The Morgan fingerprint density at radius 2 is 1.83 bits per heavy atom. The van der Waals surface area contributed by atoms with Gasteiger partial charge < -0.3 is 5.32 Å². The SMILES string of the molecule is CCc1ccc(NC(=O)Cn2nc(S(=O)(=O)c3cccc(F)c3)ccc2=O)cc1. The van der Waals surface area contributed by atoms with Gasteiger partial charge in [-0.15, -0.1) is 0 Å². The van der Waals surface area contributed by atoms with E-state index in [4.69, 9.17) is 0 Å². The van der Waals surface area contributed by atoms with Crippen molar-refractivity contribution in [3.63, 3.8) is 0 Å². The number of benzene rings is 2. The van der Waals surface area contributed by atoms with E-state index in [0.29, 0.717) is 5.69 Å². The zero-order chi connectivity index (χ0) is 21.0. The van der Waals surface area contributed by atoms with Crippen LogP contribution < -0.4 is 10.9 Å². The van der Waals surface area contributed by atoms with Gasteiger partial charge in [-0.3, -0.25) is 9.59 Å². The van der Waals surface area contributed by atoms with Crippen molar-refractivity contribution in [3.8, 4) is 0 Å². The summed E-state index contributed by atoms with van der Waals surface area (Å²) in [5.41, 5.74) is 1.01. The summed E-state index contributed by atoms with van der Waals surface area (Å²) >= 11 is 0. The highest BCUT2D eigenvalue weighted by molar-refractivity contribution is 7.91. The quantitative estimate of drug-likeness (QED) is 0.667. The van der Waals surface area contributed by atoms with Gasteiger partial charge in [0.2, 0.25) is 15.7 Å². The third kappa shape index (κ3) is 4.75. The lowest BCUT2D eigenvalue weighted by Crippen LogP contribution is -2.30. The molecule has 1 N–H and O–H groups in total. The second-order valence-corrected chi connectivity index (χ2v) is 8.12. The molecule has 0 radical (unpaired) electrons. The van der Waals surface area contributed by atoms with E-state index < -0.39 is 38.7 Å². The summed E-state index contributed by atoms with van der Waals surface area (Å²) < 4.78 is 39.4. The number of aromatic nitrogens is 2. The molecule has 0 saturated carbocycles. The highest BCUT2D eigenvalue weighted by Gasteiger charge is 2.21. The maximum Gasteiger partial charge on any atom is 0.267 e. The van der Waals surface area contributed by atoms with Crippen LogP contribution in [-0.2, 0) is 27.6 Å². The standard InChI is InChI=1S/C20H18FN3O4S/c1-2-14-6-8-16(9-7-14)22-18(25)13-24-20(26)11-10-19(23-24)29(27,28)17-5-3-4-15(21)12-17/h3-12H,2,13H2,1H3,(H,22,25). The molecule has 1 aromatic heterocycles. The summed E-state index contributed by atoms with van der Waals surface area (Å²) in [5, 5.41) is 5.96. The molecule has 0 bridgehead atoms. The van der Waals surface area contributed by atoms with Crippen LogP contribution in [-0.4, -0.2) is 24.1 Å². The third-order valence-electron chi connectivity index (χ3n) is 4.16. The Hall–Kier alpha value is -3.33. The number of nitrogens with zero attached hydrogens (tertiary/aromatic N) is 2. The van der Waals surface area contributed by atoms with Gasteiger partial charge in [-0.2, -0.15) is 5.10 Å². The summed E-state index contributed by atoms with van der Waals surface area (Å²) in [6.45, 7) is 1.54. The Balaban J connectivity index is 1.83. The lowest BCUT2D eigenvalue weighted by Gasteiger charge is -2.09. The van der Waals surface area contributed by atoms with Crippen molar-refractivity contribution < 1.29 is 17.6 Å². The Labute approximate surface area is 166 Å². The average molecular weight is 415 g/mol. The molecule has 0 fully saturated rings. The van der Waals surface area contributed by atoms with Gasteiger partial charge in [0.05, 0.1) is 4.90 Å². The zero-order valence-electron chi connectivity index (χ0n) is 15.5. The highest BCUT2D eigenvalue weighted by atomic mass is 32.2. The van der Waals surface area contributed by atoms with E-state index in [9.17, 15) is 22.4 Å². The highest BCUT2D eigenvalue weighted by Crippen LogP contribution is 2.18. The molecule has 9 heteroatoms. The van der Waals surface area contributed by atoms with Gasteiger partial charge in [0, 0.05) is 11.8 Å². The summed E-state index contributed by atoms with van der Waals surface area (Å²) in [7, 11) is -4.15. The smallest absolute Gasteiger partial charge is 0.267 e. The van der Waals surface area contributed by atoms with Crippen LogP contribution in [0.15, 0.2) is 75.4 Å². The van der Waals surface area contributed by atoms with Crippen LogP contribution in [0.2, 0.25) is 0 Å². The van der Waals surface area contributed by atoms with E-state index in [-0.39, 0.29) is 4.90 Å². The number of rotatable bonds is 6. The summed E-state index contributed by atoms with van der Waals surface area (Å²) in [4.78, 5) is 24.0. The molecule has 7 nitrogen and oxygen atoms in total. The topological polar surface area (TPSA) is 98.1 Å². The Kier molecular flexibility index (Phi) is 5.88. The summed E-state index contributed by atoms with van der Waals surface area (Å²) in [6.07, 6.45) is 0.861. The largest absolute Gasteiger partial charge is 0.324 e. The molecule has 0 aliphatic carbocycles. The third-order valence-corrected chi connectivity index (χ3v) is 5.81. The molecule has 2 aromatic carbocycles. The predicted octanol–water partition coefficient (Wildman–Crippen LogP) is 2.42. The Morgan fingerprint density at radius 3 is 2.48 bits per heavy atom. The minimum Gasteiger partial charge on any atom is -0.324 e. The number of carbonyl (C=O) groups excluding carboxylic acids is 1. The summed E-state index contributed by atoms with van der Waals surface area (Å²) in [6, 6.07) is 13.7. The van der Waals surface area contributed by atoms with E-state index in [1.54, 1.807) is 12.1 Å². The number of anilines is 1.